The maximum Gasteiger partial charge on any atom is 0.270 e. The van der Waals surface area contributed by atoms with Gasteiger partial charge < -0.3 is 20.9 Å². The Morgan fingerprint density at radius 3 is 2.73 bits per heavy atom. The van der Waals surface area contributed by atoms with Crippen molar-refractivity contribution in [3.63, 3.8) is 0 Å². The molecule has 1 aromatic heterocycles. The van der Waals surface area contributed by atoms with Gasteiger partial charge in [-0.05, 0) is 91.9 Å². The van der Waals surface area contributed by atoms with Crippen molar-refractivity contribution in [2.24, 2.45) is 5.92 Å². The lowest BCUT2D eigenvalue weighted by Crippen LogP contribution is -2.49. The molecule has 2 saturated heterocycles. The average molecular weight is 616 g/mol. The smallest absolute Gasteiger partial charge is 0.270 e. The zero-order valence-electron chi connectivity index (χ0n) is 25.4. The first kappa shape index (κ1) is 30.8. The highest BCUT2D eigenvalue weighted by molar-refractivity contribution is 5.97. The number of alkyl halides is 1. The molecule has 2 aliphatic heterocycles. The van der Waals surface area contributed by atoms with Gasteiger partial charge in [-0.25, -0.2) is 13.8 Å². The second-order valence-corrected chi connectivity index (χ2v) is 12.5. The molecule has 3 fully saturated rings. The summed E-state index contributed by atoms with van der Waals surface area (Å²) >= 11 is 0. The normalized spacial score (nSPS) is 22.5. The van der Waals surface area contributed by atoms with Crippen molar-refractivity contribution < 1.29 is 23.2 Å². The Labute approximate surface area is 261 Å². The lowest BCUT2D eigenvalue weighted by atomic mass is 9.88. The van der Waals surface area contributed by atoms with Crippen molar-refractivity contribution in [3.05, 3.63) is 82.8 Å². The van der Waals surface area contributed by atoms with E-state index < -0.39 is 42.3 Å². The van der Waals surface area contributed by atoms with E-state index in [1.165, 1.54) is 47.6 Å². The topological polar surface area (TPSA) is 103 Å². The van der Waals surface area contributed by atoms with Crippen molar-refractivity contribution >= 4 is 34.7 Å². The molecule has 6 rings (SSSR count). The van der Waals surface area contributed by atoms with Gasteiger partial charge in [0.05, 0.1) is 24.6 Å². The molecule has 4 atom stereocenters. The first-order valence-electron chi connectivity index (χ1n) is 15.9. The summed E-state index contributed by atoms with van der Waals surface area (Å²) in [6.07, 6.45) is 7.51. The summed E-state index contributed by atoms with van der Waals surface area (Å²) in [5.74, 6) is -0.980. The summed E-state index contributed by atoms with van der Waals surface area (Å²) in [6.45, 7) is 3.23. The molecule has 236 valence electrons. The molecule has 3 heterocycles. The Bertz CT molecular complexity index is 1620. The lowest BCUT2D eigenvalue weighted by Gasteiger charge is -2.27. The van der Waals surface area contributed by atoms with Gasteiger partial charge >= 0.3 is 0 Å². The molecule has 45 heavy (non-hydrogen) atoms. The molecule has 0 unspecified atom stereocenters. The number of fused-ring (bicyclic) bond motifs is 1. The number of amides is 3. The Kier molecular flexibility index (Phi) is 9.21. The quantitative estimate of drug-likeness (QED) is 0.321. The van der Waals surface area contributed by atoms with Crippen LogP contribution in [0.4, 0.5) is 8.78 Å². The Morgan fingerprint density at radius 2 is 1.96 bits per heavy atom. The molecular formula is C35H39F2N5O3. The molecule has 0 bridgehead atoms. The summed E-state index contributed by atoms with van der Waals surface area (Å²) in [5, 5.41) is 9.60. The molecule has 3 amide bonds. The minimum atomic E-state index is -1.35. The van der Waals surface area contributed by atoms with Crippen LogP contribution in [0.5, 0.6) is 0 Å². The fraction of sp³-hybridized carbons (Fsp3) is 0.429. The van der Waals surface area contributed by atoms with E-state index in [1.807, 2.05) is 6.92 Å². The van der Waals surface area contributed by atoms with Gasteiger partial charge in [-0.15, -0.1) is 0 Å². The Morgan fingerprint density at radius 1 is 1.11 bits per heavy atom. The molecule has 8 nitrogen and oxygen atoms in total. The fourth-order valence-electron chi connectivity index (χ4n) is 6.31. The van der Waals surface area contributed by atoms with Crippen molar-refractivity contribution in [2.75, 3.05) is 26.2 Å². The van der Waals surface area contributed by atoms with Crippen LogP contribution in [0.15, 0.2) is 54.6 Å². The number of rotatable bonds is 9. The predicted molar refractivity (Wildman–Crippen MR) is 169 cm³/mol. The molecule has 1 aliphatic carbocycles. The minimum Gasteiger partial charge on any atom is -0.348 e. The number of halogens is 2. The van der Waals surface area contributed by atoms with Crippen molar-refractivity contribution in [2.45, 2.75) is 63.2 Å². The van der Waals surface area contributed by atoms with Crippen LogP contribution in [0.3, 0.4) is 0 Å². The van der Waals surface area contributed by atoms with Gasteiger partial charge in [-0.3, -0.25) is 14.4 Å². The van der Waals surface area contributed by atoms with Gasteiger partial charge in [0.15, 0.2) is 0 Å². The second-order valence-electron chi connectivity index (χ2n) is 12.5. The third kappa shape index (κ3) is 7.39. The fourth-order valence-corrected chi connectivity index (χ4v) is 6.31. The van der Waals surface area contributed by atoms with Crippen molar-refractivity contribution in [1.29, 1.82) is 0 Å². The minimum absolute atomic E-state index is 0.0626. The first-order valence-corrected chi connectivity index (χ1v) is 15.9. The van der Waals surface area contributed by atoms with E-state index in [1.54, 1.807) is 6.07 Å². The molecule has 10 heteroatoms. The van der Waals surface area contributed by atoms with Crippen LogP contribution in [0.25, 0.3) is 17.0 Å². The molecule has 3 N–H and O–H groups in total. The van der Waals surface area contributed by atoms with Crippen LogP contribution in [-0.4, -0.2) is 66.0 Å². The predicted octanol–water partition coefficient (Wildman–Crippen LogP) is 4.81. The van der Waals surface area contributed by atoms with E-state index in [4.69, 9.17) is 0 Å². The summed E-state index contributed by atoms with van der Waals surface area (Å²) in [5.41, 5.74) is 3.77. The summed E-state index contributed by atoms with van der Waals surface area (Å²) in [6, 6.07) is 12.2. The maximum atomic E-state index is 14.6. The molecule has 0 spiro atoms. The van der Waals surface area contributed by atoms with E-state index in [2.05, 4.69) is 51.3 Å². The number of piperidine rings is 1. The molecular weight excluding hydrogens is 576 g/mol. The highest BCUT2D eigenvalue weighted by Gasteiger charge is 2.40. The highest BCUT2D eigenvalue weighted by Crippen LogP contribution is 2.33. The van der Waals surface area contributed by atoms with E-state index in [-0.39, 0.29) is 24.7 Å². The van der Waals surface area contributed by atoms with Gasteiger partial charge in [-0.2, -0.15) is 0 Å². The van der Waals surface area contributed by atoms with Crippen LogP contribution >= 0.6 is 0 Å². The summed E-state index contributed by atoms with van der Waals surface area (Å²) < 4.78 is 28.1. The Balaban J connectivity index is 1.12. The monoisotopic (exact) mass is 615 g/mol. The molecule has 3 aliphatic rings. The number of carbonyl (C=O) groups excluding carboxylic acids is 3. The number of likely N-dealkylation sites (tertiary alicyclic amines) is 1. The number of pyridine rings is 1. The largest absolute Gasteiger partial charge is 0.348 e. The van der Waals surface area contributed by atoms with Gasteiger partial charge in [0.2, 0.25) is 11.8 Å². The van der Waals surface area contributed by atoms with E-state index in [0.717, 1.165) is 37.1 Å². The molecule has 2 aromatic carbocycles. The molecule has 1 saturated carbocycles. The van der Waals surface area contributed by atoms with Gasteiger partial charge in [0.25, 0.3) is 5.91 Å². The molecule has 0 radical (unpaired) electrons. The zero-order chi connectivity index (χ0) is 31.5. The van der Waals surface area contributed by atoms with E-state index in [9.17, 15) is 23.2 Å². The Hall–Kier alpha value is -4.18. The number of hydrogen-bond donors (Lipinski definition) is 3. The van der Waals surface area contributed by atoms with E-state index >= 15 is 0 Å². The van der Waals surface area contributed by atoms with Gasteiger partial charge in [0.1, 0.15) is 23.7 Å². The second kappa shape index (κ2) is 13.4. The van der Waals surface area contributed by atoms with Crippen LogP contribution in [-0.2, 0) is 9.59 Å². The number of benzene rings is 2. The van der Waals surface area contributed by atoms with Gasteiger partial charge in [-0.1, -0.05) is 36.4 Å². The third-order valence-electron chi connectivity index (χ3n) is 9.03. The van der Waals surface area contributed by atoms with Crippen LogP contribution < -0.4 is 16.0 Å². The first-order chi connectivity index (χ1) is 21.7. The van der Waals surface area contributed by atoms with Gasteiger partial charge in [0, 0.05) is 18.4 Å². The lowest BCUT2D eigenvalue weighted by molar-refractivity contribution is -0.138. The van der Waals surface area contributed by atoms with Crippen LogP contribution in [0.1, 0.15) is 78.2 Å². The number of hydrogen-bond acceptors (Lipinski definition) is 5. The standard InChI is InChI=1S/C35H39F2N5O3/c1-21(29-16-24(26-3-2-14-38-18-26)9-8-23(29)7-6-22-4-5-22)40-35(45)32-17-28(37)20-42(32)33(43)19-39-34(44)31-12-10-25-15-27(36)11-13-30(25)41-31/h6-13,15-16,21-22,26,28,32,38H,2-5,14,17-20H2,1H3,(H,39,44)(H,40,45)/b7-6+/t21-,26-,28+,32-/m0/s1. The number of aromatic nitrogens is 1. The summed E-state index contributed by atoms with van der Waals surface area (Å²) in [7, 11) is 0. The van der Waals surface area contributed by atoms with Crippen molar-refractivity contribution in [3.8, 4) is 0 Å². The third-order valence-corrected chi connectivity index (χ3v) is 9.03. The maximum absolute atomic E-state index is 14.6. The average Bonchev–Trinajstić information content (AvgIpc) is 3.80. The van der Waals surface area contributed by atoms with E-state index in [0.29, 0.717) is 22.7 Å². The highest BCUT2D eigenvalue weighted by atomic mass is 19.1. The number of carbonyl (C=O) groups is 3. The number of allylic oxidation sites excluding steroid dienone is 1. The molecule has 3 aromatic rings. The number of nitrogens with zero attached hydrogens (tertiary/aromatic N) is 2. The zero-order valence-corrected chi connectivity index (χ0v) is 25.4. The SMILES string of the molecule is C[C@H](NC(=O)[C@@H]1C[C@@H](F)CN1C(=O)CNC(=O)c1ccc2cc(F)ccc2n1)c1cc([C@H]2CCCNC2)ccc1/C=C/C1CC1. The van der Waals surface area contributed by atoms with Crippen LogP contribution in [0.2, 0.25) is 0 Å². The number of nitrogens with one attached hydrogen (secondary N) is 3. The van der Waals surface area contributed by atoms with Crippen LogP contribution in [0, 0.1) is 11.7 Å². The van der Waals surface area contributed by atoms with Crippen molar-refractivity contribution in [1.82, 2.24) is 25.8 Å². The summed E-state index contributed by atoms with van der Waals surface area (Å²) in [4.78, 5) is 44.9.